The summed E-state index contributed by atoms with van der Waals surface area (Å²) < 4.78 is 0. The van der Waals surface area contributed by atoms with Crippen molar-refractivity contribution >= 4 is 80.7 Å². The third kappa shape index (κ3) is 4.12. The van der Waals surface area contributed by atoms with Crippen LogP contribution >= 0.6 is 11.8 Å². The number of nitrogens with zero attached hydrogens (tertiary/aromatic N) is 1. The molecule has 6 aromatic carbocycles. The molecule has 9 rings (SSSR count). The van der Waals surface area contributed by atoms with Gasteiger partial charge in [-0.2, -0.15) is 0 Å². The first-order valence-electron chi connectivity index (χ1n) is 17.2. The van der Waals surface area contributed by atoms with Gasteiger partial charge >= 0.3 is 0 Å². The van der Waals surface area contributed by atoms with Gasteiger partial charge in [0.2, 0.25) is 6.71 Å². The van der Waals surface area contributed by atoms with Gasteiger partial charge in [-0.15, -0.1) is 0 Å². The Morgan fingerprint density at radius 2 is 0.979 bits per heavy atom. The maximum atomic E-state index is 2.62. The number of hydrogen-bond acceptors (Lipinski definition) is 2. The highest BCUT2D eigenvalue weighted by Crippen LogP contribution is 2.44. The standard InChI is InChI=1S/C44H40BNSSi/c1-43(2,3)29-26-30(44(4,5)6)28-31(27-29)46-34-20-13-22-36-40(34)45-41-35(46)21-14-24-38(41)48(32-16-9-7-10-17-32,33-18-11-8-12-19-33)39-25-15-23-37(47-36)42(39)45/h7-28H,1-6H3. The van der Waals surface area contributed by atoms with Crippen LogP contribution in [-0.2, 0) is 10.8 Å². The van der Waals surface area contributed by atoms with Crippen molar-refractivity contribution in [2.45, 2.75) is 62.2 Å². The van der Waals surface area contributed by atoms with Gasteiger partial charge in [-0.3, -0.25) is 0 Å². The molecule has 0 atom stereocenters. The third-order valence-corrected chi connectivity index (χ3v) is 16.9. The van der Waals surface area contributed by atoms with Crippen LogP contribution in [0.25, 0.3) is 0 Å². The molecule has 3 aliphatic rings. The second kappa shape index (κ2) is 10.4. The fraction of sp³-hybridized carbons (Fsp3) is 0.182. The Bertz CT molecular complexity index is 2180. The average Bonchev–Trinajstić information content (AvgIpc) is 3.08. The van der Waals surface area contributed by atoms with Crippen molar-refractivity contribution in [2.75, 3.05) is 4.90 Å². The normalized spacial score (nSPS) is 15.3. The Balaban J connectivity index is 1.44. The Labute approximate surface area is 291 Å². The SMILES string of the molecule is CC(C)(C)c1cc(N2c3cccc4c3B3c5c(cccc5[Si](c5ccccc5)(c5ccccc5)c5cccc2c53)S4)cc(C(C)(C)C)c1. The van der Waals surface area contributed by atoms with E-state index in [0.29, 0.717) is 0 Å². The van der Waals surface area contributed by atoms with E-state index in [1.165, 1.54) is 69.9 Å². The number of rotatable bonds is 3. The van der Waals surface area contributed by atoms with Crippen molar-refractivity contribution in [3.8, 4) is 0 Å². The van der Waals surface area contributed by atoms with Crippen LogP contribution in [0.15, 0.2) is 143 Å². The van der Waals surface area contributed by atoms with Gasteiger partial charge in [0, 0.05) is 26.9 Å². The Hall–Kier alpha value is -4.25. The molecule has 6 aromatic rings. The van der Waals surface area contributed by atoms with E-state index in [-0.39, 0.29) is 17.5 Å². The van der Waals surface area contributed by atoms with E-state index in [1.54, 1.807) is 5.19 Å². The predicted octanol–water partition coefficient (Wildman–Crippen LogP) is 6.74. The zero-order valence-corrected chi connectivity index (χ0v) is 30.5. The Morgan fingerprint density at radius 3 is 1.54 bits per heavy atom. The summed E-state index contributed by atoms with van der Waals surface area (Å²) in [5.74, 6) is 0. The molecule has 0 unspecified atom stereocenters. The Kier molecular flexibility index (Phi) is 6.45. The molecule has 0 N–H and O–H groups in total. The van der Waals surface area contributed by atoms with Crippen molar-refractivity contribution in [3.05, 3.63) is 145 Å². The Morgan fingerprint density at radius 1 is 0.500 bits per heavy atom. The molecule has 3 aliphatic heterocycles. The van der Waals surface area contributed by atoms with E-state index in [0.717, 1.165) is 0 Å². The van der Waals surface area contributed by atoms with Crippen LogP contribution in [0.4, 0.5) is 17.1 Å². The molecule has 1 nitrogen and oxygen atoms in total. The predicted molar refractivity (Wildman–Crippen MR) is 211 cm³/mol. The summed E-state index contributed by atoms with van der Waals surface area (Å²) in [5, 5.41) is 5.95. The molecule has 48 heavy (non-hydrogen) atoms. The van der Waals surface area contributed by atoms with Crippen molar-refractivity contribution in [2.24, 2.45) is 0 Å². The molecule has 0 radical (unpaired) electrons. The summed E-state index contributed by atoms with van der Waals surface area (Å²) in [6.45, 7) is 14.3. The van der Waals surface area contributed by atoms with Crippen molar-refractivity contribution in [3.63, 3.8) is 0 Å². The molecule has 0 aliphatic carbocycles. The van der Waals surface area contributed by atoms with Gasteiger partial charge < -0.3 is 4.90 Å². The fourth-order valence-corrected chi connectivity index (χ4v) is 15.2. The van der Waals surface area contributed by atoms with Crippen LogP contribution in [-0.4, -0.2) is 14.8 Å². The second-order valence-corrected chi connectivity index (χ2v) is 20.6. The van der Waals surface area contributed by atoms with Crippen molar-refractivity contribution < 1.29 is 0 Å². The van der Waals surface area contributed by atoms with Crippen LogP contribution in [0.5, 0.6) is 0 Å². The lowest BCUT2D eigenvalue weighted by molar-refractivity contribution is 0.569. The van der Waals surface area contributed by atoms with Crippen LogP contribution in [0.2, 0.25) is 0 Å². The van der Waals surface area contributed by atoms with Crippen molar-refractivity contribution in [1.82, 2.24) is 0 Å². The van der Waals surface area contributed by atoms with E-state index in [1.807, 2.05) is 11.8 Å². The molecule has 234 valence electrons. The maximum Gasteiger partial charge on any atom is 0.249 e. The van der Waals surface area contributed by atoms with E-state index in [2.05, 4.69) is 180 Å². The summed E-state index contributed by atoms with van der Waals surface area (Å²) in [5.41, 5.74) is 11.2. The van der Waals surface area contributed by atoms with Crippen LogP contribution in [0.3, 0.4) is 0 Å². The molecule has 0 saturated carbocycles. The zero-order valence-electron chi connectivity index (χ0n) is 28.6. The first-order valence-corrected chi connectivity index (χ1v) is 20.0. The number of benzene rings is 6. The third-order valence-electron chi connectivity index (χ3n) is 10.9. The van der Waals surface area contributed by atoms with Gasteiger partial charge in [0.25, 0.3) is 0 Å². The lowest BCUT2D eigenvalue weighted by atomic mass is 9.34. The molecule has 0 fully saturated rings. The minimum atomic E-state index is -2.71. The van der Waals surface area contributed by atoms with Crippen LogP contribution < -0.4 is 42.0 Å². The van der Waals surface area contributed by atoms with Crippen LogP contribution in [0, 0.1) is 0 Å². The average molecular weight is 654 g/mol. The van der Waals surface area contributed by atoms with Gasteiger partial charge in [-0.05, 0) is 90.0 Å². The number of anilines is 3. The van der Waals surface area contributed by atoms with Gasteiger partial charge in [-0.25, -0.2) is 0 Å². The first-order chi connectivity index (χ1) is 23.1. The smallest absolute Gasteiger partial charge is 0.249 e. The largest absolute Gasteiger partial charge is 0.311 e. The molecule has 0 saturated heterocycles. The second-order valence-electron chi connectivity index (χ2n) is 15.8. The molecule has 0 bridgehead atoms. The van der Waals surface area contributed by atoms with E-state index in [9.17, 15) is 0 Å². The summed E-state index contributed by atoms with van der Waals surface area (Å²) in [6.07, 6.45) is 0. The fourth-order valence-electron chi connectivity index (χ4n) is 8.62. The van der Waals surface area contributed by atoms with Crippen LogP contribution in [0.1, 0.15) is 52.7 Å². The van der Waals surface area contributed by atoms with Gasteiger partial charge in [0.15, 0.2) is 8.07 Å². The maximum absolute atomic E-state index is 2.71. The minimum absolute atomic E-state index is 0.0208. The molecule has 0 spiro atoms. The van der Waals surface area contributed by atoms with Gasteiger partial charge in [-0.1, -0.05) is 156 Å². The molecule has 4 heteroatoms. The minimum Gasteiger partial charge on any atom is -0.311 e. The highest BCUT2D eigenvalue weighted by molar-refractivity contribution is 8.00. The molecule has 0 amide bonds. The lowest BCUT2D eigenvalue weighted by Crippen LogP contribution is -2.88. The molecular weight excluding hydrogens is 613 g/mol. The molecule has 3 heterocycles. The summed E-state index contributed by atoms with van der Waals surface area (Å²) in [4.78, 5) is 5.40. The number of hydrogen-bond donors (Lipinski definition) is 0. The highest BCUT2D eigenvalue weighted by atomic mass is 32.2. The van der Waals surface area contributed by atoms with E-state index >= 15 is 0 Å². The topological polar surface area (TPSA) is 3.24 Å². The van der Waals surface area contributed by atoms with E-state index < -0.39 is 8.07 Å². The first kappa shape index (κ1) is 29.9. The monoisotopic (exact) mass is 653 g/mol. The quantitative estimate of drug-likeness (QED) is 0.195. The zero-order chi connectivity index (χ0) is 33.0. The van der Waals surface area contributed by atoms with Gasteiger partial charge in [0.05, 0.1) is 0 Å². The summed E-state index contributed by atoms with van der Waals surface area (Å²) in [6, 6.07) is 51.7. The lowest BCUT2D eigenvalue weighted by Gasteiger charge is -2.49. The molecular formula is C44H40BNSSi. The van der Waals surface area contributed by atoms with Crippen molar-refractivity contribution in [1.29, 1.82) is 0 Å². The summed E-state index contributed by atoms with van der Waals surface area (Å²) in [7, 11) is -2.71. The van der Waals surface area contributed by atoms with Gasteiger partial charge in [0.1, 0.15) is 0 Å². The van der Waals surface area contributed by atoms with E-state index in [4.69, 9.17) is 0 Å². The molecule has 0 aromatic heterocycles. The highest BCUT2D eigenvalue weighted by Gasteiger charge is 2.55. The summed E-state index contributed by atoms with van der Waals surface area (Å²) >= 11 is 1.97.